The van der Waals surface area contributed by atoms with E-state index in [1.165, 1.54) is 17.0 Å². The first kappa shape index (κ1) is 16.6. The largest absolute Gasteiger partial charge is 0.658 e. The zero-order valence-electron chi connectivity index (χ0n) is 14.3. The van der Waals surface area contributed by atoms with Gasteiger partial charge in [-0.2, -0.15) is 0 Å². The summed E-state index contributed by atoms with van der Waals surface area (Å²) in [4.78, 5) is 8.52. The predicted molar refractivity (Wildman–Crippen MR) is 91.1 cm³/mol. The van der Waals surface area contributed by atoms with Gasteiger partial charge in [-0.05, 0) is 45.1 Å². The van der Waals surface area contributed by atoms with Crippen molar-refractivity contribution in [3.63, 3.8) is 0 Å². The van der Waals surface area contributed by atoms with Crippen molar-refractivity contribution in [2.45, 2.75) is 0 Å². The molecular weight excluding hydrogens is 351 g/mol. The minimum absolute atomic E-state index is 0.503. The summed E-state index contributed by atoms with van der Waals surface area (Å²) in [6, 6.07) is 6.97. The summed E-state index contributed by atoms with van der Waals surface area (Å²) in [5.41, 5.74) is 1.27. The number of aromatic nitrogens is 10. The van der Waals surface area contributed by atoms with Crippen LogP contribution in [0.3, 0.4) is 0 Å². The highest BCUT2D eigenvalue weighted by Gasteiger charge is 2.10. The van der Waals surface area contributed by atoms with Crippen LogP contribution in [0.2, 0.25) is 0 Å². The summed E-state index contributed by atoms with van der Waals surface area (Å²) in [6.07, 6.45) is 3.10. The molecule has 0 amide bonds. The van der Waals surface area contributed by atoms with Gasteiger partial charge in [0.25, 0.3) is 0 Å². The molecule has 4 rings (SSSR count). The molecule has 4 aromatic rings. The molecule has 133 valence electrons. The maximum Gasteiger partial charge on any atom is 0.658 e. The molecule has 4 aromatic heterocycles. The number of nitrogens with zero attached hydrogens (tertiary/aromatic N) is 10. The summed E-state index contributed by atoms with van der Waals surface area (Å²) in [5, 5.41) is 22.5. The van der Waals surface area contributed by atoms with E-state index in [0.717, 1.165) is 0 Å². The third-order valence-electron chi connectivity index (χ3n) is 3.54. The van der Waals surface area contributed by atoms with Gasteiger partial charge < -0.3 is 9.31 Å². The zero-order chi connectivity index (χ0) is 18.6. The Morgan fingerprint density at radius 2 is 1.22 bits per heavy atom. The lowest BCUT2D eigenvalue weighted by Crippen LogP contribution is -2.11. The van der Waals surface area contributed by atoms with Gasteiger partial charge in [0.1, 0.15) is 22.9 Å². The van der Waals surface area contributed by atoms with E-state index in [2.05, 4.69) is 41.0 Å². The van der Waals surface area contributed by atoms with E-state index in [0.29, 0.717) is 34.5 Å². The van der Waals surface area contributed by atoms with Crippen LogP contribution in [0, 0.1) is 0 Å². The lowest BCUT2D eigenvalue weighted by molar-refractivity contribution is 0.456. The molecule has 0 fully saturated rings. The molecule has 0 spiro atoms. The third kappa shape index (κ3) is 3.56. The number of hydrogen-bond donors (Lipinski definition) is 0. The van der Waals surface area contributed by atoms with E-state index >= 15 is 0 Å². The molecule has 1 radical (unpaired) electrons. The number of aryl methyl sites for hydroxylation is 2. The fraction of sp³-hybridized carbons (Fsp3) is 0.143. The average molecular weight is 363 g/mol. The molecule has 0 bridgehead atoms. The van der Waals surface area contributed by atoms with Gasteiger partial charge in [0.15, 0.2) is 11.6 Å². The van der Waals surface area contributed by atoms with Gasteiger partial charge in [-0.3, -0.25) is 0 Å². The topological polar surface area (TPSA) is 131 Å². The highest BCUT2D eigenvalue weighted by Crippen LogP contribution is 2.18. The normalized spacial score (nSPS) is 10.6. The Hall–Kier alpha value is -3.90. The minimum Gasteiger partial charge on any atom is -0.525 e. The van der Waals surface area contributed by atoms with E-state index in [-0.39, 0.29) is 0 Å². The maximum absolute atomic E-state index is 5.40. The number of hydrogen-bond acceptors (Lipinski definition) is 10. The summed E-state index contributed by atoms with van der Waals surface area (Å²) < 4.78 is 13.9. The molecule has 0 saturated carbocycles. The molecular formula is C14H12BN10O2. The van der Waals surface area contributed by atoms with Crippen LogP contribution in [0.25, 0.3) is 23.0 Å². The maximum atomic E-state index is 5.40. The Kier molecular flexibility index (Phi) is 4.39. The van der Waals surface area contributed by atoms with Crippen molar-refractivity contribution < 1.29 is 9.31 Å². The Bertz CT molecular complexity index is 947. The second-order valence-corrected chi connectivity index (χ2v) is 5.34. The minimum atomic E-state index is 0.503. The van der Waals surface area contributed by atoms with Crippen molar-refractivity contribution in [1.29, 1.82) is 0 Å². The van der Waals surface area contributed by atoms with Gasteiger partial charge in [0.2, 0.25) is 0 Å². The highest BCUT2D eigenvalue weighted by atomic mass is 16.6. The van der Waals surface area contributed by atoms with Crippen molar-refractivity contribution in [2.24, 2.45) is 14.1 Å². The standard InChI is InChI=1S/C14H12BN10O2/c1-24-13(18-20-22-24)11-5-3-9(7-16-11)26-15-27-10-4-6-12(17-8-10)14-19-21-23-25(14)2/h3-8H,1-2H3. The van der Waals surface area contributed by atoms with Crippen molar-refractivity contribution in [1.82, 2.24) is 50.4 Å². The molecule has 0 aromatic carbocycles. The molecule has 27 heavy (non-hydrogen) atoms. The van der Waals surface area contributed by atoms with Crippen LogP contribution >= 0.6 is 0 Å². The Labute approximate surface area is 153 Å². The molecule has 0 aliphatic rings. The second kappa shape index (κ2) is 7.15. The van der Waals surface area contributed by atoms with Crippen LogP contribution in [0.4, 0.5) is 0 Å². The van der Waals surface area contributed by atoms with Crippen LogP contribution in [-0.2, 0) is 14.1 Å². The Morgan fingerprint density at radius 3 is 1.56 bits per heavy atom. The van der Waals surface area contributed by atoms with Crippen molar-refractivity contribution in [3.8, 4) is 34.5 Å². The molecule has 0 aliphatic heterocycles. The van der Waals surface area contributed by atoms with Gasteiger partial charge in [-0.25, -0.2) is 19.3 Å². The van der Waals surface area contributed by atoms with E-state index in [1.54, 1.807) is 50.8 Å². The van der Waals surface area contributed by atoms with Crippen molar-refractivity contribution in [2.75, 3.05) is 0 Å². The van der Waals surface area contributed by atoms with Crippen LogP contribution in [0.5, 0.6) is 11.5 Å². The lowest BCUT2D eigenvalue weighted by atomic mass is 10.3. The van der Waals surface area contributed by atoms with E-state index < -0.39 is 0 Å². The summed E-state index contributed by atoms with van der Waals surface area (Å²) in [7, 11) is 4.67. The summed E-state index contributed by atoms with van der Waals surface area (Å²) >= 11 is 0. The smallest absolute Gasteiger partial charge is 0.525 e. The molecule has 4 heterocycles. The Morgan fingerprint density at radius 1 is 0.741 bits per heavy atom. The molecule has 0 aliphatic carbocycles. The van der Waals surface area contributed by atoms with Crippen molar-refractivity contribution in [3.05, 3.63) is 36.7 Å². The summed E-state index contributed by atoms with van der Waals surface area (Å²) in [5.74, 6) is 2.13. The van der Waals surface area contributed by atoms with Crippen LogP contribution < -0.4 is 9.31 Å². The molecule has 13 heteroatoms. The van der Waals surface area contributed by atoms with Gasteiger partial charge in [-0.15, -0.1) is 10.2 Å². The highest BCUT2D eigenvalue weighted by molar-refractivity contribution is 6.20. The fourth-order valence-electron chi connectivity index (χ4n) is 2.19. The van der Waals surface area contributed by atoms with E-state index in [1.807, 2.05) is 0 Å². The molecule has 0 atom stereocenters. The van der Waals surface area contributed by atoms with E-state index in [9.17, 15) is 0 Å². The quantitative estimate of drug-likeness (QED) is 0.426. The van der Waals surface area contributed by atoms with Crippen LogP contribution in [0.15, 0.2) is 36.7 Å². The average Bonchev–Trinajstić information content (AvgIpc) is 3.31. The zero-order valence-corrected chi connectivity index (χ0v) is 14.3. The van der Waals surface area contributed by atoms with Gasteiger partial charge >= 0.3 is 7.69 Å². The van der Waals surface area contributed by atoms with Gasteiger partial charge in [-0.1, -0.05) is 0 Å². The monoisotopic (exact) mass is 363 g/mol. The first-order valence-corrected chi connectivity index (χ1v) is 7.73. The molecule has 0 unspecified atom stereocenters. The third-order valence-corrected chi connectivity index (χ3v) is 3.54. The fourth-order valence-corrected chi connectivity index (χ4v) is 2.19. The number of pyridine rings is 2. The Balaban J connectivity index is 1.33. The first-order chi connectivity index (χ1) is 13.2. The lowest BCUT2D eigenvalue weighted by Gasteiger charge is -2.07. The molecule has 0 N–H and O–H groups in total. The number of tetrazole rings is 2. The number of rotatable bonds is 6. The van der Waals surface area contributed by atoms with Gasteiger partial charge in [0, 0.05) is 14.1 Å². The SMILES string of the molecule is Cn1nnnc1-c1ccc(O[B]Oc2ccc(-c3nnnn3C)nc2)cn1. The van der Waals surface area contributed by atoms with Gasteiger partial charge in [0.05, 0.1) is 12.4 Å². The van der Waals surface area contributed by atoms with Crippen LogP contribution in [0.1, 0.15) is 0 Å². The first-order valence-electron chi connectivity index (χ1n) is 7.73. The van der Waals surface area contributed by atoms with E-state index in [4.69, 9.17) is 9.31 Å². The summed E-state index contributed by atoms with van der Waals surface area (Å²) in [6.45, 7) is 0. The molecule has 0 saturated heterocycles. The second-order valence-electron chi connectivity index (χ2n) is 5.34. The van der Waals surface area contributed by atoms with Crippen molar-refractivity contribution >= 4 is 7.69 Å². The molecule has 12 nitrogen and oxygen atoms in total. The van der Waals surface area contributed by atoms with Crippen LogP contribution in [-0.4, -0.2) is 58.1 Å². The predicted octanol–water partition coefficient (Wildman–Crippen LogP) is -0.150.